The van der Waals surface area contributed by atoms with Crippen LogP contribution in [0.5, 0.6) is 0 Å². The lowest BCUT2D eigenvalue weighted by Gasteiger charge is -2.41. The first-order valence-corrected chi connectivity index (χ1v) is 12.1. The molecule has 0 radical (unpaired) electrons. The SMILES string of the molecule is CCOC(=O)c1ccc(N2CCN(C3(c4ccccc4-c4ccc(Cl)cc4)CC3)CC2)cc1. The minimum absolute atomic E-state index is 0.135. The fourth-order valence-electron chi connectivity index (χ4n) is 5.06. The Labute approximate surface area is 200 Å². The molecule has 0 atom stereocenters. The molecule has 0 unspecified atom stereocenters. The molecule has 5 rings (SSSR count). The van der Waals surface area contributed by atoms with Gasteiger partial charge in [-0.1, -0.05) is 48.0 Å². The molecule has 0 spiro atoms. The second-order valence-corrected chi connectivity index (χ2v) is 9.26. The summed E-state index contributed by atoms with van der Waals surface area (Å²) in [4.78, 5) is 17.0. The maximum atomic E-state index is 11.9. The predicted molar refractivity (Wildman–Crippen MR) is 134 cm³/mol. The Morgan fingerprint density at radius 2 is 1.58 bits per heavy atom. The molecule has 170 valence electrons. The van der Waals surface area contributed by atoms with Crippen LogP contribution in [0.3, 0.4) is 0 Å². The number of esters is 1. The number of carbonyl (C=O) groups is 1. The zero-order chi connectivity index (χ0) is 22.8. The lowest BCUT2D eigenvalue weighted by molar-refractivity contribution is 0.0526. The van der Waals surface area contributed by atoms with Crippen LogP contribution in [0.2, 0.25) is 5.02 Å². The third kappa shape index (κ3) is 4.38. The van der Waals surface area contributed by atoms with E-state index < -0.39 is 0 Å². The summed E-state index contributed by atoms with van der Waals surface area (Å²) in [5.74, 6) is -0.260. The fourth-order valence-corrected chi connectivity index (χ4v) is 5.19. The van der Waals surface area contributed by atoms with E-state index in [9.17, 15) is 4.79 Å². The predicted octanol–water partition coefficient (Wildman–Crippen LogP) is 6.00. The van der Waals surface area contributed by atoms with Crippen LogP contribution in [0.4, 0.5) is 5.69 Å². The molecule has 0 amide bonds. The van der Waals surface area contributed by atoms with E-state index in [1.165, 1.54) is 29.5 Å². The van der Waals surface area contributed by atoms with Crippen LogP contribution in [-0.2, 0) is 10.3 Å². The molecule has 4 nitrogen and oxygen atoms in total. The summed E-state index contributed by atoms with van der Waals surface area (Å²) in [5.41, 5.74) is 5.87. The number of rotatable bonds is 6. The van der Waals surface area contributed by atoms with Crippen molar-refractivity contribution in [2.24, 2.45) is 0 Å². The van der Waals surface area contributed by atoms with Gasteiger partial charge in [0, 0.05) is 42.4 Å². The maximum absolute atomic E-state index is 11.9. The van der Waals surface area contributed by atoms with E-state index >= 15 is 0 Å². The van der Waals surface area contributed by atoms with E-state index in [1.54, 1.807) is 0 Å². The summed E-state index contributed by atoms with van der Waals surface area (Å²) in [6.45, 7) is 6.22. The van der Waals surface area contributed by atoms with E-state index in [4.69, 9.17) is 16.3 Å². The molecule has 0 bridgehead atoms. The summed E-state index contributed by atoms with van der Waals surface area (Å²) in [6, 6.07) is 24.8. The summed E-state index contributed by atoms with van der Waals surface area (Å²) in [7, 11) is 0. The number of hydrogen-bond donors (Lipinski definition) is 0. The molecule has 3 aromatic carbocycles. The fraction of sp³-hybridized carbons (Fsp3) is 0.321. The first kappa shape index (κ1) is 22.0. The van der Waals surface area contributed by atoms with E-state index in [-0.39, 0.29) is 11.5 Å². The van der Waals surface area contributed by atoms with Gasteiger partial charge < -0.3 is 9.64 Å². The van der Waals surface area contributed by atoms with Gasteiger partial charge in [0.1, 0.15) is 0 Å². The van der Waals surface area contributed by atoms with Crippen molar-refractivity contribution in [2.45, 2.75) is 25.3 Å². The van der Waals surface area contributed by atoms with Crippen LogP contribution in [0.1, 0.15) is 35.7 Å². The molecule has 1 aliphatic heterocycles. The highest BCUT2D eigenvalue weighted by atomic mass is 35.5. The van der Waals surface area contributed by atoms with Crippen LogP contribution in [0.25, 0.3) is 11.1 Å². The Balaban J connectivity index is 1.30. The number of halogens is 1. The second kappa shape index (κ2) is 9.20. The minimum atomic E-state index is -0.260. The van der Waals surface area contributed by atoms with Gasteiger partial charge in [0.05, 0.1) is 12.2 Å². The van der Waals surface area contributed by atoms with Crippen LogP contribution >= 0.6 is 11.6 Å². The second-order valence-electron chi connectivity index (χ2n) is 8.83. The lowest BCUT2D eigenvalue weighted by Crippen LogP contribution is -2.50. The largest absolute Gasteiger partial charge is 0.462 e. The Bertz CT molecular complexity index is 1120. The number of hydrogen-bond acceptors (Lipinski definition) is 4. The number of nitrogens with zero attached hydrogens (tertiary/aromatic N) is 2. The van der Waals surface area contributed by atoms with Crippen LogP contribution in [0.15, 0.2) is 72.8 Å². The zero-order valence-electron chi connectivity index (χ0n) is 19.0. The van der Waals surface area contributed by atoms with Gasteiger partial charge in [-0.05, 0) is 72.9 Å². The highest BCUT2D eigenvalue weighted by Gasteiger charge is 2.50. The maximum Gasteiger partial charge on any atom is 0.338 e. The number of carbonyl (C=O) groups excluding carboxylic acids is 1. The minimum Gasteiger partial charge on any atom is -0.462 e. The highest BCUT2D eigenvalue weighted by molar-refractivity contribution is 6.30. The van der Waals surface area contributed by atoms with Crippen molar-refractivity contribution in [3.8, 4) is 11.1 Å². The Hall–Kier alpha value is -2.82. The summed E-state index contributed by atoms with van der Waals surface area (Å²) < 4.78 is 5.10. The molecule has 1 saturated heterocycles. The van der Waals surface area contributed by atoms with Gasteiger partial charge in [0.25, 0.3) is 0 Å². The van der Waals surface area contributed by atoms with E-state index in [0.717, 1.165) is 36.9 Å². The average Bonchev–Trinajstić information content (AvgIpc) is 3.67. The molecule has 2 fully saturated rings. The van der Waals surface area contributed by atoms with Gasteiger partial charge in [-0.2, -0.15) is 0 Å². The van der Waals surface area contributed by atoms with Crippen LogP contribution < -0.4 is 4.90 Å². The Morgan fingerprint density at radius 3 is 2.21 bits per heavy atom. The normalized spacial score (nSPS) is 17.6. The van der Waals surface area contributed by atoms with Gasteiger partial charge in [-0.15, -0.1) is 0 Å². The number of piperazine rings is 1. The quantitative estimate of drug-likeness (QED) is 0.422. The Kier molecular flexibility index (Phi) is 6.13. The molecule has 1 aliphatic carbocycles. The van der Waals surface area contributed by atoms with Gasteiger partial charge in [-0.25, -0.2) is 4.79 Å². The van der Waals surface area contributed by atoms with E-state index in [2.05, 4.69) is 46.2 Å². The van der Waals surface area contributed by atoms with E-state index in [0.29, 0.717) is 12.2 Å². The Morgan fingerprint density at radius 1 is 0.909 bits per heavy atom. The smallest absolute Gasteiger partial charge is 0.338 e. The van der Waals surface area contributed by atoms with Crippen LogP contribution in [0, 0.1) is 0 Å². The summed E-state index contributed by atoms with van der Waals surface area (Å²) >= 11 is 6.13. The molecular weight excluding hydrogens is 432 g/mol. The lowest BCUT2D eigenvalue weighted by atomic mass is 9.92. The third-order valence-electron chi connectivity index (χ3n) is 6.94. The van der Waals surface area contributed by atoms with Crippen molar-refractivity contribution in [1.29, 1.82) is 0 Å². The summed E-state index contributed by atoms with van der Waals surface area (Å²) in [5, 5.41) is 0.767. The molecule has 3 aromatic rings. The van der Waals surface area contributed by atoms with Gasteiger partial charge in [-0.3, -0.25) is 4.90 Å². The number of benzene rings is 3. The monoisotopic (exact) mass is 460 g/mol. The molecular formula is C28H29ClN2O2. The number of ether oxygens (including phenoxy) is 1. The summed E-state index contributed by atoms with van der Waals surface area (Å²) in [6.07, 6.45) is 2.40. The van der Waals surface area contributed by atoms with Crippen molar-refractivity contribution >= 4 is 23.3 Å². The molecule has 0 N–H and O–H groups in total. The number of anilines is 1. The van der Waals surface area contributed by atoms with E-state index in [1.807, 2.05) is 43.3 Å². The van der Waals surface area contributed by atoms with Crippen LogP contribution in [-0.4, -0.2) is 43.7 Å². The molecule has 5 heteroatoms. The van der Waals surface area contributed by atoms with Crippen molar-refractivity contribution < 1.29 is 9.53 Å². The topological polar surface area (TPSA) is 32.8 Å². The highest BCUT2D eigenvalue weighted by Crippen LogP contribution is 2.54. The molecule has 1 heterocycles. The van der Waals surface area contributed by atoms with Gasteiger partial charge >= 0.3 is 5.97 Å². The standard InChI is InChI=1S/C28H29ClN2O2/c1-2-33-27(32)22-9-13-24(14-10-22)30-17-19-31(20-18-30)28(15-16-28)26-6-4-3-5-25(26)21-7-11-23(29)12-8-21/h3-14H,2,15-20H2,1H3. The van der Waals surface area contributed by atoms with Crippen molar-refractivity contribution in [1.82, 2.24) is 4.90 Å². The van der Waals surface area contributed by atoms with Gasteiger partial charge in [0.2, 0.25) is 0 Å². The first-order valence-electron chi connectivity index (χ1n) is 11.7. The van der Waals surface area contributed by atoms with Gasteiger partial charge in [0.15, 0.2) is 0 Å². The van der Waals surface area contributed by atoms with Crippen molar-refractivity contribution in [3.63, 3.8) is 0 Å². The molecule has 2 aliphatic rings. The third-order valence-corrected chi connectivity index (χ3v) is 7.19. The average molecular weight is 461 g/mol. The zero-order valence-corrected chi connectivity index (χ0v) is 19.7. The molecule has 1 saturated carbocycles. The van der Waals surface area contributed by atoms with Crippen molar-refractivity contribution in [3.05, 3.63) is 88.9 Å². The molecule has 0 aromatic heterocycles. The van der Waals surface area contributed by atoms with Crippen molar-refractivity contribution in [2.75, 3.05) is 37.7 Å². The first-order chi connectivity index (χ1) is 16.1. The molecule has 33 heavy (non-hydrogen) atoms.